The Balaban J connectivity index is 2.08. The minimum Gasteiger partial charge on any atom is -0.507 e. The Morgan fingerprint density at radius 3 is 2.59 bits per heavy atom. The Hall–Kier alpha value is -3.35. The lowest BCUT2D eigenvalue weighted by Crippen LogP contribution is -1.87. The van der Waals surface area contributed by atoms with E-state index >= 15 is 0 Å². The summed E-state index contributed by atoms with van der Waals surface area (Å²) >= 11 is 0. The van der Waals surface area contributed by atoms with Crippen LogP contribution in [0.1, 0.15) is 0 Å². The molecular formula is C15H10N4O3. The van der Waals surface area contributed by atoms with Crippen molar-refractivity contribution in [2.75, 3.05) is 0 Å². The first kappa shape index (κ1) is 13.6. The molecule has 0 aliphatic heterocycles. The van der Waals surface area contributed by atoms with Crippen molar-refractivity contribution in [3.05, 3.63) is 64.8 Å². The van der Waals surface area contributed by atoms with Crippen molar-refractivity contribution in [3.8, 4) is 5.75 Å². The Bertz CT molecular complexity index is 893. The molecule has 0 aliphatic carbocycles. The molecule has 7 heteroatoms. The van der Waals surface area contributed by atoms with Gasteiger partial charge in [-0.15, -0.1) is 10.2 Å². The van der Waals surface area contributed by atoms with E-state index in [1.807, 2.05) is 0 Å². The molecule has 0 atom stereocenters. The van der Waals surface area contributed by atoms with Crippen molar-refractivity contribution < 1.29 is 10.0 Å². The average Bonchev–Trinajstić information content (AvgIpc) is 2.55. The fraction of sp³-hybridized carbons (Fsp3) is 0. The molecule has 3 aromatic rings. The molecule has 0 amide bonds. The number of aromatic nitrogens is 1. The van der Waals surface area contributed by atoms with Gasteiger partial charge in [0.15, 0.2) is 5.69 Å². The summed E-state index contributed by atoms with van der Waals surface area (Å²) in [7, 11) is 0. The number of phenolic OH excluding ortho intramolecular Hbond substituents is 1. The second kappa shape index (κ2) is 5.57. The zero-order valence-corrected chi connectivity index (χ0v) is 11.2. The first-order valence-electron chi connectivity index (χ1n) is 6.38. The minimum absolute atomic E-state index is 0.0905. The van der Waals surface area contributed by atoms with Gasteiger partial charge in [-0.05, 0) is 30.3 Å². The number of pyridine rings is 1. The predicted molar refractivity (Wildman–Crippen MR) is 80.7 cm³/mol. The standard InChI is InChI=1S/C15H10N4O3/c20-14-8-7-12(15-10(14)4-3-9-16-15)18-17-11-5-1-2-6-13(11)19(21)22/h1-9,20H. The first-order chi connectivity index (χ1) is 10.7. The summed E-state index contributed by atoms with van der Waals surface area (Å²) in [5, 5.41) is 29.3. The molecule has 1 aromatic heterocycles. The predicted octanol–water partition coefficient (Wildman–Crippen LogP) is 4.26. The summed E-state index contributed by atoms with van der Waals surface area (Å²) in [5.41, 5.74) is 0.934. The third kappa shape index (κ3) is 2.47. The molecule has 1 heterocycles. The molecule has 0 saturated heterocycles. The van der Waals surface area contributed by atoms with Gasteiger partial charge in [0, 0.05) is 17.6 Å². The highest BCUT2D eigenvalue weighted by molar-refractivity contribution is 5.93. The number of azo groups is 1. The van der Waals surface area contributed by atoms with Crippen LogP contribution >= 0.6 is 0 Å². The van der Waals surface area contributed by atoms with Gasteiger partial charge in [-0.25, -0.2) is 0 Å². The van der Waals surface area contributed by atoms with Crippen LogP contribution < -0.4 is 0 Å². The topological polar surface area (TPSA) is 101 Å². The van der Waals surface area contributed by atoms with E-state index < -0.39 is 4.92 Å². The van der Waals surface area contributed by atoms with Crippen LogP contribution in [-0.4, -0.2) is 15.0 Å². The van der Waals surface area contributed by atoms with Crippen molar-refractivity contribution in [1.82, 2.24) is 4.98 Å². The summed E-state index contributed by atoms with van der Waals surface area (Å²) in [6.45, 7) is 0. The summed E-state index contributed by atoms with van der Waals surface area (Å²) in [5.74, 6) is 0.0905. The quantitative estimate of drug-likeness (QED) is 0.443. The number of benzene rings is 2. The second-order valence-corrected chi connectivity index (χ2v) is 4.45. The van der Waals surface area contributed by atoms with Crippen molar-refractivity contribution in [3.63, 3.8) is 0 Å². The second-order valence-electron chi connectivity index (χ2n) is 4.45. The number of nitrogens with zero attached hydrogens (tertiary/aromatic N) is 4. The lowest BCUT2D eigenvalue weighted by Gasteiger charge is -2.02. The molecule has 7 nitrogen and oxygen atoms in total. The summed E-state index contributed by atoms with van der Waals surface area (Å²) in [6.07, 6.45) is 1.58. The SMILES string of the molecule is O=[N+]([O-])c1ccccc1N=Nc1ccc(O)c2cccnc12. The van der Waals surface area contributed by atoms with Crippen LogP contribution in [0, 0.1) is 10.1 Å². The number of para-hydroxylation sites is 1. The van der Waals surface area contributed by atoms with Gasteiger partial charge in [-0.3, -0.25) is 15.1 Å². The zero-order chi connectivity index (χ0) is 15.5. The van der Waals surface area contributed by atoms with Crippen LogP contribution in [0.15, 0.2) is 65.0 Å². The number of nitro groups is 1. The van der Waals surface area contributed by atoms with E-state index in [1.54, 1.807) is 36.5 Å². The van der Waals surface area contributed by atoms with Crippen LogP contribution in [0.25, 0.3) is 10.9 Å². The van der Waals surface area contributed by atoms with E-state index in [-0.39, 0.29) is 17.1 Å². The maximum atomic E-state index is 10.9. The van der Waals surface area contributed by atoms with Gasteiger partial charge in [0.25, 0.3) is 5.69 Å². The Labute approximate surface area is 124 Å². The van der Waals surface area contributed by atoms with Crippen molar-refractivity contribution in [2.45, 2.75) is 0 Å². The van der Waals surface area contributed by atoms with Crippen LogP contribution in [0.4, 0.5) is 17.1 Å². The summed E-state index contributed by atoms with van der Waals surface area (Å²) in [6, 6.07) is 12.5. The molecule has 3 rings (SSSR count). The minimum atomic E-state index is -0.512. The number of hydrogen-bond donors (Lipinski definition) is 1. The maximum Gasteiger partial charge on any atom is 0.296 e. The van der Waals surface area contributed by atoms with Crippen molar-refractivity contribution >= 4 is 28.0 Å². The van der Waals surface area contributed by atoms with E-state index in [4.69, 9.17) is 0 Å². The van der Waals surface area contributed by atoms with Gasteiger partial charge in [0.05, 0.1) is 4.92 Å². The molecule has 0 aliphatic rings. The van der Waals surface area contributed by atoms with E-state index in [9.17, 15) is 15.2 Å². The number of aromatic hydroxyl groups is 1. The Morgan fingerprint density at radius 2 is 1.77 bits per heavy atom. The highest BCUT2D eigenvalue weighted by atomic mass is 16.6. The van der Waals surface area contributed by atoms with Gasteiger partial charge in [0.2, 0.25) is 0 Å². The monoisotopic (exact) mass is 294 g/mol. The molecule has 0 saturated carbocycles. The first-order valence-corrected chi connectivity index (χ1v) is 6.38. The van der Waals surface area contributed by atoms with E-state index in [0.717, 1.165) is 0 Å². The molecule has 2 aromatic carbocycles. The molecule has 22 heavy (non-hydrogen) atoms. The van der Waals surface area contributed by atoms with E-state index in [1.165, 1.54) is 18.2 Å². The molecule has 0 bridgehead atoms. The highest BCUT2D eigenvalue weighted by Crippen LogP contribution is 2.33. The lowest BCUT2D eigenvalue weighted by molar-refractivity contribution is -0.384. The fourth-order valence-corrected chi connectivity index (χ4v) is 2.03. The third-order valence-electron chi connectivity index (χ3n) is 3.07. The van der Waals surface area contributed by atoms with Gasteiger partial charge < -0.3 is 5.11 Å². The number of fused-ring (bicyclic) bond motifs is 1. The number of phenols is 1. The number of nitro benzene ring substituents is 1. The van der Waals surface area contributed by atoms with Crippen LogP contribution in [0.2, 0.25) is 0 Å². The molecule has 0 fully saturated rings. The normalized spacial score (nSPS) is 11.1. The van der Waals surface area contributed by atoms with Crippen LogP contribution in [0.5, 0.6) is 5.75 Å². The van der Waals surface area contributed by atoms with Crippen molar-refractivity contribution in [1.29, 1.82) is 0 Å². The van der Waals surface area contributed by atoms with Gasteiger partial charge in [-0.2, -0.15) is 0 Å². The molecule has 108 valence electrons. The fourth-order valence-electron chi connectivity index (χ4n) is 2.03. The number of hydrogen-bond acceptors (Lipinski definition) is 6. The third-order valence-corrected chi connectivity index (χ3v) is 3.07. The van der Waals surface area contributed by atoms with Gasteiger partial charge >= 0.3 is 0 Å². The number of rotatable bonds is 3. The van der Waals surface area contributed by atoms with Crippen LogP contribution in [0.3, 0.4) is 0 Å². The van der Waals surface area contributed by atoms with Gasteiger partial charge in [0.1, 0.15) is 17.0 Å². The lowest BCUT2D eigenvalue weighted by atomic mass is 10.2. The molecule has 0 unspecified atom stereocenters. The van der Waals surface area contributed by atoms with E-state index in [2.05, 4.69) is 15.2 Å². The van der Waals surface area contributed by atoms with Crippen molar-refractivity contribution in [2.24, 2.45) is 10.2 Å². The molecule has 0 radical (unpaired) electrons. The smallest absolute Gasteiger partial charge is 0.296 e. The van der Waals surface area contributed by atoms with Crippen LogP contribution in [-0.2, 0) is 0 Å². The Morgan fingerprint density at radius 1 is 1.00 bits per heavy atom. The highest BCUT2D eigenvalue weighted by Gasteiger charge is 2.12. The zero-order valence-electron chi connectivity index (χ0n) is 11.2. The Kier molecular flexibility index (Phi) is 3.45. The van der Waals surface area contributed by atoms with Gasteiger partial charge in [-0.1, -0.05) is 12.1 Å². The van der Waals surface area contributed by atoms with E-state index in [0.29, 0.717) is 16.6 Å². The largest absolute Gasteiger partial charge is 0.507 e. The average molecular weight is 294 g/mol. The summed E-state index contributed by atoms with van der Waals surface area (Å²) in [4.78, 5) is 14.6. The summed E-state index contributed by atoms with van der Waals surface area (Å²) < 4.78 is 0. The molecule has 0 spiro atoms. The maximum absolute atomic E-state index is 10.9. The molecular weight excluding hydrogens is 284 g/mol. The molecule has 1 N–H and O–H groups in total.